The van der Waals surface area contributed by atoms with E-state index >= 15 is 0 Å². The number of benzene rings is 1. The molecule has 0 spiro atoms. The molecule has 1 N–H and O–H groups in total. The Morgan fingerprint density at radius 3 is 2.78 bits per heavy atom. The van der Waals surface area contributed by atoms with Crippen molar-refractivity contribution < 1.29 is 0 Å². The van der Waals surface area contributed by atoms with Crippen LogP contribution in [0.25, 0.3) is 0 Å². The number of hydrogen-bond acceptors (Lipinski definition) is 3. The minimum Gasteiger partial charge on any atom is -0.354 e. The zero-order valence-corrected chi connectivity index (χ0v) is 18.5. The van der Waals surface area contributed by atoms with Crippen LogP contribution in [-0.4, -0.2) is 36.0 Å². The SMILES string of the molecule is CC1CCC2CN=C(NC(C)CCc3ccc(I)cc3)N2C1.I. The molecule has 0 bridgehead atoms. The van der Waals surface area contributed by atoms with Gasteiger partial charge in [0.05, 0.1) is 12.6 Å². The number of guanidine groups is 1. The molecule has 0 amide bonds. The number of halogens is 2. The lowest BCUT2D eigenvalue weighted by atomic mass is 9.95. The normalized spacial score (nSPS) is 24.5. The lowest BCUT2D eigenvalue weighted by Crippen LogP contribution is -2.50. The Bertz CT molecular complexity index is 530. The average Bonchev–Trinajstić information content (AvgIpc) is 2.89. The Balaban J connectivity index is 0.00000192. The van der Waals surface area contributed by atoms with Gasteiger partial charge in [-0.1, -0.05) is 19.1 Å². The molecule has 3 rings (SSSR count). The van der Waals surface area contributed by atoms with Crippen LogP contribution in [0.5, 0.6) is 0 Å². The average molecular weight is 539 g/mol. The van der Waals surface area contributed by atoms with E-state index in [-0.39, 0.29) is 24.0 Å². The first kappa shape index (κ1) is 19.3. The van der Waals surface area contributed by atoms with Gasteiger partial charge in [0.1, 0.15) is 0 Å². The Kier molecular flexibility index (Phi) is 7.44. The fourth-order valence-corrected chi connectivity index (χ4v) is 3.76. The van der Waals surface area contributed by atoms with E-state index in [2.05, 4.69) is 70.9 Å². The van der Waals surface area contributed by atoms with E-state index in [1.807, 2.05) is 0 Å². The van der Waals surface area contributed by atoms with Crippen molar-refractivity contribution in [2.45, 2.75) is 51.6 Å². The lowest BCUT2D eigenvalue weighted by Gasteiger charge is -2.36. The molecule has 1 saturated heterocycles. The summed E-state index contributed by atoms with van der Waals surface area (Å²) in [6.45, 7) is 6.78. The summed E-state index contributed by atoms with van der Waals surface area (Å²) in [4.78, 5) is 7.26. The number of fused-ring (bicyclic) bond motifs is 1. The van der Waals surface area contributed by atoms with E-state index in [9.17, 15) is 0 Å². The van der Waals surface area contributed by atoms with Gasteiger partial charge in [0.2, 0.25) is 0 Å². The summed E-state index contributed by atoms with van der Waals surface area (Å²) in [6.07, 6.45) is 4.92. The van der Waals surface area contributed by atoms with Crippen LogP contribution >= 0.6 is 46.6 Å². The second kappa shape index (κ2) is 8.87. The van der Waals surface area contributed by atoms with Crippen molar-refractivity contribution in [3.8, 4) is 0 Å². The number of aryl methyl sites for hydroxylation is 1. The van der Waals surface area contributed by atoms with E-state index < -0.39 is 0 Å². The molecule has 1 aromatic carbocycles. The van der Waals surface area contributed by atoms with Crippen LogP contribution in [0, 0.1) is 9.49 Å². The number of nitrogens with one attached hydrogen (secondary N) is 1. The van der Waals surface area contributed by atoms with Crippen molar-refractivity contribution in [2.24, 2.45) is 10.9 Å². The van der Waals surface area contributed by atoms with Crippen molar-refractivity contribution in [2.75, 3.05) is 13.1 Å². The summed E-state index contributed by atoms with van der Waals surface area (Å²) in [5, 5.41) is 3.65. The minimum atomic E-state index is 0. The number of nitrogens with zero attached hydrogens (tertiary/aromatic N) is 2. The first-order valence-corrected chi connectivity index (χ1v) is 9.52. The molecule has 5 heteroatoms. The highest BCUT2D eigenvalue weighted by Gasteiger charge is 2.32. The minimum absolute atomic E-state index is 0. The van der Waals surface area contributed by atoms with Gasteiger partial charge in [-0.15, -0.1) is 24.0 Å². The van der Waals surface area contributed by atoms with Crippen LogP contribution in [0.1, 0.15) is 38.7 Å². The molecular formula is C18H27I2N3. The number of piperidine rings is 1. The van der Waals surface area contributed by atoms with E-state index in [1.165, 1.54) is 28.5 Å². The van der Waals surface area contributed by atoms with Gasteiger partial charge in [0.25, 0.3) is 0 Å². The summed E-state index contributed by atoms with van der Waals surface area (Å²) in [5.74, 6) is 1.94. The molecule has 0 aliphatic carbocycles. The van der Waals surface area contributed by atoms with Gasteiger partial charge in [-0.3, -0.25) is 4.99 Å². The highest BCUT2D eigenvalue weighted by atomic mass is 127. The zero-order valence-electron chi connectivity index (χ0n) is 14.0. The van der Waals surface area contributed by atoms with Crippen LogP contribution in [0.3, 0.4) is 0 Å². The van der Waals surface area contributed by atoms with Crippen LogP contribution in [0.2, 0.25) is 0 Å². The standard InChI is InChI=1S/C18H26IN3.HI/c1-13-3-10-17-11-20-18(22(17)12-13)21-14(2)4-5-15-6-8-16(19)9-7-15;/h6-9,13-14,17H,3-5,10-12H2,1-2H3,(H,20,21);1H. The molecular weight excluding hydrogens is 512 g/mol. The van der Waals surface area contributed by atoms with E-state index in [0.29, 0.717) is 12.1 Å². The van der Waals surface area contributed by atoms with Gasteiger partial charge in [0, 0.05) is 16.2 Å². The van der Waals surface area contributed by atoms with Crippen LogP contribution in [0.4, 0.5) is 0 Å². The molecule has 3 unspecified atom stereocenters. The smallest absolute Gasteiger partial charge is 0.194 e. The van der Waals surface area contributed by atoms with Gasteiger partial charge in [0.15, 0.2) is 5.96 Å². The third-order valence-electron chi connectivity index (χ3n) is 4.82. The molecule has 3 nitrogen and oxygen atoms in total. The van der Waals surface area contributed by atoms with Crippen molar-refractivity contribution >= 4 is 52.5 Å². The molecule has 2 heterocycles. The Morgan fingerprint density at radius 2 is 2.04 bits per heavy atom. The maximum Gasteiger partial charge on any atom is 0.194 e. The van der Waals surface area contributed by atoms with E-state index in [4.69, 9.17) is 4.99 Å². The lowest BCUT2D eigenvalue weighted by molar-refractivity contribution is 0.209. The largest absolute Gasteiger partial charge is 0.354 e. The summed E-state index contributed by atoms with van der Waals surface area (Å²) in [5.41, 5.74) is 1.42. The Labute approximate surface area is 170 Å². The fourth-order valence-electron chi connectivity index (χ4n) is 3.40. The second-order valence-electron chi connectivity index (χ2n) is 6.86. The van der Waals surface area contributed by atoms with Crippen LogP contribution in [0.15, 0.2) is 29.3 Å². The van der Waals surface area contributed by atoms with Crippen molar-refractivity contribution in [3.63, 3.8) is 0 Å². The first-order chi connectivity index (χ1) is 10.6. The molecule has 23 heavy (non-hydrogen) atoms. The van der Waals surface area contributed by atoms with E-state index in [1.54, 1.807) is 0 Å². The van der Waals surface area contributed by atoms with E-state index in [0.717, 1.165) is 31.3 Å². The van der Waals surface area contributed by atoms with Crippen LogP contribution < -0.4 is 5.32 Å². The molecule has 128 valence electrons. The topological polar surface area (TPSA) is 27.6 Å². The summed E-state index contributed by atoms with van der Waals surface area (Å²) in [6, 6.07) is 9.98. The first-order valence-electron chi connectivity index (χ1n) is 8.44. The van der Waals surface area contributed by atoms with Crippen molar-refractivity contribution in [1.82, 2.24) is 10.2 Å². The predicted molar refractivity (Wildman–Crippen MR) is 117 cm³/mol. The highest BCUT2D eigenvalue weighted by Crippen LogP contribution is 2.25. The second-order valence-corrected chi connectivity index (χ2v) is 8.11. The number of hydrogen-bond donors (Lipinski definition) is 1. The maximum absolute atomic E-state index is 4.75. The molecule has 1 aromatic rings. The van der Waals surface area contributed by atoms with Gasteiger partial charge in [-0.2, -0.15) is 0 Å². The maximum atomic E-state index is 4.75. The zero-order chi connectivity index (χ0) is 15.5. The third-order valence-corrected chi connectivity index (χ3v) is 5.54. The van der Waals surface area contributed by atoms with Gasteiger partial charge in [-0.25, -0.2) is 0 Å². The van der Waals surface area contributed by atoms with Crippen LogP contribution in [-0.2, 0) is 6.42 Å². The van der Waals surface area contributed by atoms with Crippen molar-refractivity contribution in [1.29, 1.82) is 0 Å². The Hall–Kier alpha value is -0.0500. The summed E-state index contributed by atoms with van der Waals surface area (Å²) in [7, 11) is 0. The molecule has 2 aliphatic heterocycles. The van der Waals surface area contributed by atoms with Gasteiger partial charge in [-0.05, 0) is 78.8 Å². The monoisotopic (exact) mass is 539 g/mol. The quantitative estimate of drug-likeness (QED) is 0.579. The van der Waals surface area contributed by atoms with Gasteiger partial charge < -0.3 is 10.2 Å². The molecule has 2 aliphatic rings. The Morgan fingerprint density at radius 1 is 1.30 bits per heavy atom. The van der Waals surface area contributed by atoms with Crippen molar-refractivity contribution in [3.05, 3.63) is 33.4 Å². The molecule has 0 radical (unpaired) electrons. The molecule has 0 saturated carbocycles. The molecule has 0 aromatic heterocycles. The summed E-state index contributed by atoms with van der Waals surface area (Å²) < 4.78 is 1.30. The highest BCUT2D eigenvalue weighted by molar-refractivity contribution is 14.1. The number of aliphatic imine (C=N–C) groups is 1. The predicted octanol–water partition coefficient (Wildman–Crippen LogP) is 4.29. The summed E-state index contributed by atoms with van der Waals surface area (Å²) >= 11 is 2.36. The third kappa shape index (κ3) is 5.21. The molecule has 3 atom stereocenters. The fraction of sp³-hybridized carbons (Fsp3) is 0.611. The van der Waals surface area contributed by atoms with Gasteiger partial charge >= 0.3 is 0 Å². The molecule has 1 fully saturated rings. The number of rotatable bonds is 4.